The minimum Gasteiger partial charge on any atom is -0.381 e. The minimum atomic E-state index is 0.514. The summed E-state index contributed by atoms with van der Waals surface area (Å²) in [5, 5.41) is 3.78. The van der Waals surface area contributed by atoms with E-state index < -0.39 is 0 Å². The van der Waals surface area contributed by atoms with E-state index in [9.17, 15) is 0 Å². The van der Waals surface area contributed by atoms with Crippen LogP contribution in [0.15, 0.2) is 0 Å². The molecule has 82 valence electrons. The Morgan fingerprint density at radius 3 is 2.79 bits per heavy atom. The van der Waals surface area contributed by atoms with Crippen molar-refractivity contribution in [3.8, 4) is 0 Å². The fraction of sp³-hybridized carbons (Fsp3) is 1.00. The van der Waals surface area contributed by atoms with Gasteiger partial charge in [-0.1, -0.05) is 13.3 Å². The van der Waals surface area contributed by atoms with E-state index in [1.165, 1.54) is 38.5 Å². The van der Waals surface area contributed by atoms with Crippen LogP contribution in [-0.2, 0) is 4.74 Å². The molecule has 0 aromatic heterocycles. The molecule has 4 atom stereocenters. The second kappa shape index (κ2) is 4.63. The molecule has 0 radical (unpaired) electrons. The van der Waals surface area contributed by atoms with Crippen LogP contribution in [0.5, 0.6) is 0 Å². The summed E-state index contributed by atoms with van der Waals surface area (Å²) in [6, 6.07) is 1.57. The van der Waals surface area contributed by atoms with Gasteiger partial charge in [0.2, 0.25) is 0 Å². The van der Waals surface area contributed by atoms with Gasteiger partial charge in [-0.25, -0.2) is 0 Å². The van der Waals surface area contributed by atoms with Crippen LogP contribution in [0.1, 0.15) is 45.4 Å². The highest BCUT2D eigenvalue weighted by Crippen LogP contribution is 2.35. The Labute approximate surface area is 87.4 Å². The average molecular weight is 197 g/mol. The highest BCUT2D eigenvalue weighted by molar-refractivity contribution is 4.95. The molecule has 0 saturated heterocycles. The van der Waals surface area contributed by atoms with Crippen molar-refractivity contribution in [1.29, 1.82) is 0 Å². The Hall–Kier alpha value is -0.0800. The topological polar surface area (TPSA) is 21.3 Å². The Bertz CT molecular complexity index is 183. The largest absolute Gasteiger partial charge is 0.381 e. The number of ether oxygens (including phenoxy) is 1. The SMILES string of the molecule is CCC1CC1NC1CCCC(OC)C1. The zero-order chi connectivity index (χ0) is 9.97. The standard InChI is InChI=1S/C12H23NO/c1-3-9-7-12(9)13-10-5-4-6-11(8-10)14-2/h9-13H,3-8H2,1-2H3. The fourth-order valence-corrected chi connectivity index (χ4v) is 2.72. The molecule has 2 saturated carbocycles. The van der Waals surface area contributed by atoms with Crippen LogP contribution in [0.3, 0.4) is 0 Å². The molecule has 2 fully saturated rings. The summed E-state index contributed by atoms with van der Waals surface area (Å²) in [6.45, 7) is 2.30. The van der Waals surface area contributed by atoms with Gasteiger partial charge in [0, 0.05) is 19.2 Å². The quantitative estimate of drug-likeness (QED) is 0.747. The van der Waals surface area contributed by atoms with Crippen LogP contribution in [0.25, 0.3) is 0 Å². The Kier molecular flexibility index (Phi) is 3.45. The van der Waals surface area contributed by atoms with Crippen molar-refractivity contribution < 1.29 is 4.74 Å². The lowest BCUT2D eigenvalue weighted by atomic mass is 9.93. The fourth-order valence-electron chi connectivity index (χ4n) is 2.72. The lowest BCUT2D eigenvalue weighted by molar-refractivity contribution is 0.0584. The third kappa shape index (κ3) is 2.48. The number of methoxy groups -OCH3 is 1. The molecular formula is C12H23NO. The Morgan fingerprint density at radius 1 is 1.29 bits per heavy atom. The van der Waals surface area contributed by atoms with Crippen LogP contribution in [0.4, 0.5) is 0 Å². The molecule has 0 aromatic carbocycles. The third-order valence-electron chi connectivity index (χ3n) is 3.86. The summed E-state index contributed by atoms with van der Waals surface area (Å²) >= 11 is 0. The van der Waals surface area contributed by atoms with Crippen molar-refractivity contribution >= 4 is 0 Å². The zero-order valence-corrected chi connectivity index (χ0v) is 9.46. The van der Waals surface area contributed by atoms with Gasteiger partial charge in [-0.15, -0.1) is 0 Å². The summed E-state index contributed by atoms with van der Waals surface area (Å²) in [5.41, 5.74) is 0. The molecule has 2 aliphatic rings. The van der Waals surface area contributed by atoms with Gasteiger partial charge in [0.15, 0.2) is 0 Å². The average Bonchev–Trinajstić information content (AvgIpc) is 2.97. The lowest BCUT2D eigenvalue weighted by Crippen LogP contribution is -2.38. The molecule has 2 nitrogen and oxygen atoms in total. The van der Waals surface area contributed by atoms with E-state index in [0.717, 1.165) is 18.0 Å². The molecule has 2 heteroatoms. The summed E-state index contributed by atoms with van der Waals surface area (Å²) in [5.74, 6) is 0.970. The first-order valence-electron chi connectivity index (χ1n) is 6.12. The second-order valence-electron chi connectivity index (χ2n) is 4.90. The molecule has 14 heavy (non-hydrogen) atoms. The minimum absolute atomic E-state index is 0.514. The van der Waals surface area contributed by atoms with Crippen LogP contribution in [-0.4, -0.2) is 25.3 Å². The maximum Gasteiger partial charge on any atom is 0.0586 e. The first-order chi connectivity index (χ1) is 6.83. The number of hydrogen-bond donors (Lipinski definition) is 1. The number of nitrogens with one attached hydrogen (secondary N) is 1. The van der Waals surface area contributed by atoms with Gasteiger partial charge in [0.1, 0.15) is 0 Å². The smallest absolute Gasteiger partial charge is 0.0586 e. The third-order valence-corrected chi connectivity index (χ3v) is 3.86. The van der Waals surface area contributed by atoms with Gasteiger partial charge in [0.05, 0.1) is 6.10 Å². The molecule has 0 aliphatic heterocycles. The molecule has 0 heterocycles. The van der Waals surface area contributed by atoms with E-state index >= 15 is 0 Å². The van der Waals surface area contributed by atoms with Crippen LogP contribution in [0.2, 0.25) is 0 Å². The predicted molar refractivity (Wildman–Crippen MR) is 58.4 cm³/mol. The maximum absolute atomic E-state index is 5.44. The predicted octanol–water partition coefficient (Wildman–Crippen LogP) is 2.33. The second-order valence-corrected chi connectivity index (χ2v) is 4.90. The number of rotatable bonds is 4. The monoisotopic (exact) mass is 197 g/mol. The van der Waals surface area contributed by atoms with Crippen molar-refractivity contribution in [2.45, 2.75) is 63.6 Å². The van der Waals surface area contributed by atoms with Crippen LogP contribution in [0, 0.1) is 5.92 Å². The van der Waals surface area contributed by atoms with Gasteiger partial charge in [0.25, 0.3) is 0 Å². The van der Waals surface area contributed by atoms with Gasteiger partial charge < -0.3 is 10.1 Å². The molecule has 0 amide bonds. The van der Waals surface area contributed by atoms with Gasteiger partial charge in [-0.2, -0.15) is 0 Å². The molecule has 0 bridgehead atoms. The summed E-state index contributed by atoms with van der Waals surface area (Å²) in [4.78, 5) is 0. The van der Waals surface area contributed by atoms with Crippen molar-refractivity contribution in [2.75, 3.05) is 7.11 Å². The van der Waals surface area contributed by atoms with E-state index in [0.29, 0.717) is 6.10 Å². The van der Waals surface area contributed by atoms with Gasteiger partial charge in [-0.3, -0.25) is 0 Å². The van der Waals surface area contributed by atoms with Gasteiger partial charge in [-0.05, 0) is 38.0 Å². The van der Waals surface area contributed by atoms with E-state index in [1.54, 1.807) is 0 Å². The summed E-state index contributed by atoms with van der Waals surface area (Å²) in [6.07, 6.45) is 8.44. The van der Waals surface area contributed by atoms with Gasteiger partial charge >= 0.3 is 0 Å². The molecule has 0 aromatic rings. The van der Waals surface area contributed by atoms with Crippen molar-refractivity contribution in [3.05, 3.63) is 0 Å². The molecule has 2 rings (SSSR count). The normalized spacial score (nSPS) is 42.4. The van der Waals surface area contributed by atoms with E-state index in [2.05, 4.69) is 12.2 Å². The van der Waals surface area contributed by atoms with E-state index in [4.69, 9.17) is 4.74 Å². The highest BCUT2D eigenvalue weighted by atomic mass is 16.5. The molecule has 0 spiro atoms. The molecule has 1 N–H and O–H groups in total. The van der Waals surface area contributed by atoms with E-state index in [-0.39, 0.29) is 0 Å². The van der Waals surface area contributed by atoms with Crippen molar-refractivity contribution in [1.82, 2.24) is 5.32 Å². The van der Waals surface area contributed by atoms with Crippen molar-refractivity contribution in [2.24, 2.45) is 5.92 Å². The molecular weight excluding hydrogens is 174 g/mol. The molecule has 2 aliphatic carbocycles. The first-order valence-corrected chi connectivity index (χ1v) is 6.12. The zero-order valence-electron chi connectivity index (χ0n) is 9.46. The van der Waals surface area contributed by atoms with Crippen LogP contribution < -0.4 is 5.32 Å². The Balaban J connectivity index is 1.70. The van der Waals surface area contributed by atoms with Crippen LogP contribution >= 0.6 is 0 Å². The molecule has 4 unspecified atom stereocenters. The Morgan fingerprint density at radius 2 is 2.14 bits per heavy atom. The number of hydrogen-bond acceptors (Lipinski definition) is 2. The summed E-state index contributed by atoms with van der Waals surface area (Å²) in [7, 11) is 1.85. The van der Waals surface area contributed by atoms with Crippen molar-refractivity contribution in [3.63, 3.8) is 0 Å². The summed E-state index contributed by atoms with van der Waals surface area (Å²) < 4.78 is 5.44. The lowest BCUT2D eigenvalue weighted by Gasteiger charge is -2.29. The maximum atomic E-state index is 5.44. The first kappa shape index (κ1) is 10.4. The highest BCUT2D eigenvalue weighted by Gasteiger charge is 2.37. The van der Waals surface area contributed by atoms with E-state index in [1.807, 2.05) is 7.11 Å².